The zero-order valence-corrected chi connectivity index (χ0v) is 6.37. The summed E-state index contributed by atoms with van der Waals surface area (Å²) < 4.78 is 20.4. The first-order valence-electron chi connectivity index (χ1n) is 2.42. The summed E-state index contributed by atoms with van der Waals surface area (Å²) in [5.41, 5.74) is 0. The molecule has 0 aromatic heterocycles. The number of hydrogen-bond donors (Lipinski definition) is 0. The molecule has 0 aromatic rings. The maximum atomic E-state index is 10.2. The highest BCUT2D eigenvalue weighted by Crippen LogP contribution is 1.99. The average molecular weight is 167 g/mol. The van der Waals surface area contributed by atoms with Crippen LogP contribution < -0.4 is 0 Å². The van der Waals surface area contributed by atoms with Gasteiger partial charge in [0.15, 0.2) is 0 Å². The minimum Gasteiger partial charge on any atom is -0.212 e. The maximum absolute atomic E-state index is 10.2. The number of halogens is 1. The predicted octanol–water partition coefficient (Wildman–Crippen LogP) is 0.968. The lowest BCUT2D eigenvalue weighted by Gasteiger charge is -1.88. The van der Waals surface area contributed by atoms with E-state index < -0.39 is 9.05 Å². The van der Waals surface area contributed by atoms with E-state index >= 15 is 0 Å². The molecule has 0 spiro atoms. The molecule has 0 fully saturated rings. The normalized spacial score (nSPS) is 10.7. The summed E-state index contributed by atoms with van der Waals surface area (Å²) in [4.78, 5) is 0. The quantitative estimate of drug-likeness (QED) is 0.356. The Labute approximate surface area is 59.6 Å². The van der Waals surface area contributed by atoms with Crippen LogP contribution in [0.15, 0.2) is 0 Å². The molecule has 0 amide bonds. The predicted molar refractivity (Wildman–Crippen MR) is 37.7 cm³/mol. The van der Waals surface area contributed by atoms with Crippen LogP contribution in [0.25, 0.3) is 0 Å². The van der Waals surface area contributed by atoms with E-state index in [4.69, 9.17) is 17.1 Å². The first-order valence-corrected chi connectivity index (χ1v) is 4.90. The van der Waals surface area contributed by atoms with Crippen LogP contribution in [0.5, 0.6) is 0 Å². The van der Waals surface area contributed by atoms with Gasteiger partial charge in [-0.2, -0.15) is 0 Å². The van der Waals surface area contributed by atoms with Gasteiger partial charge in [-0.15, -0.1) is 12.3 Å². The minimum atomic E-state index is -3.32. The Bertz CT molecular complexity index is 199. The first-order chi connectivity index (χ1) is 4.06. The van der Waals surface area contributed by atoms with E-state index in [0.717, 1.165) is 0 Å². The van der Waals surface area contributed by atoms with Crippen molar-refractivity contribution in [2.75, 3.05) is 5.75 Å². The number of hydrogen-bond acceptors (Lipinski definition) is 2. The second-order valence-corrected chi connectivity index (χ2v) is 4.45. The highest BCUT2D eigenvalue weighted by molar-refractivity contribution is 8.13. The minimum absolute atomic E-state index is 0.0290. The molecule has 0 aromatic carbocycles. The van der Waals surface area contributed by atoms with E-state index in [-0.39, 0.29) is 5.75 Å². The van der Waals surface area contributed by atoms with Crippen LogP contribution in [0.2, 0.25) is 0 Å². The van der Waals surface area contributed by atoms with Gasteiger partial charge in [-0.1, -0.05) is 0 Å². The van der Waals surface area contributed by atoms with Gasteiger partial charge in [-0.3, -0.25) is 0 Å². The van der Waals surface area contributed by atoms with Crippen molar-refractivity contribution in [3.63, 3.8) is 0 Å². The second kappa shape index (κ2) is 3.76. The highest BCUT2D eigenvalue weighted by atomic mass is 35.7. The van der Waals surface area contributed by atoms with E-state index in [0.29, 0.717) is 12.8 Å². The zero-order valence-electron chi connectivity index (χ0n) is 4.80. The maximum Gasteiger partial charge on any atom is 0.232 e. The molecule has 52 valence electrons. The van der Waals surface area contributed by atoms with Crippen LogP contribution in [0.4, 0.5) is 0 Å². The molecule has 0 N–H and O–H groups in total. The fraction of sp³-hybridized carbons (Fsp3) is 0.600. The van der Waals surface area contributed by atoms with Gasteiger partial charge in [0.1, 0.15) is 0 Å². The Balaban J connectivity index is 3.44. The van der Waals surface area contributed by atoms with E-state index in [1.165, 1.54) is 0 Å². The Kier molecular flexibility index (Phi) is 3.67. The molecule has 0 aliphatic heterocycles. The van der Waals surface area contributed by atoms with Crippen molar-refractivity contribution in [2.24, 2.45) is 0 Å². The third kappa shape index (κ3) is 7.80. The SMILES string of the molecule is C#CCCCS(=O)(=O)Cl. The van der Waals surface area contributed by atoms with Crippen molar-refractivity contribution < 1.29 is 8.42 Å². The molecule has 0 bridgehead atoms. The van der Waals surface area contributed by atoms with Gasteiger partial charge < -0.3 is 0 Å². The van der Waals surface area contributed by atoms with Crippen molar-refractivity contribution in [1.82, 2.24) is 0 Å². The lowest BCUT2D eigenvalue weighted by Crippen LogP contribution is -1.95. The third-order valence-corrected chi connectivity index (χ3v) is 1.95. The van der Waals surface area contributed by atoms with Gasteiger partial charge in [0.05, 0.1) is 5.75 Å². The van der Waals surface area contributed by atoms with E-state index in [1.54, 1.807) is 0 Å². The molecule has 0 aliphatic rings. The fourth-order valence-corrected chi connectivity index (χ4v) is 1.16. The molecule has 0 saturated carbocycles. The Morgan fingerprint density at radius 3 is 2.44 bits per heavy atom. The van der Waals surface area contributed by atoms with Crippen molar-refractivity contribution in [3.05, 3.63) is 0 Å². The van der Waals surface area contributed by atoms with Crippen LogP contribution >= 0.6 is 10.7 Å². The molecule has 4 heteroatoms. The monoisotopic (exact) mass is 166 g/mol. The van der Waals surface area contributed by atoms with Gasteiger partial charge in [0.25, 0.3) is 0 Å². The Hall–Kier alpha value is -0.200. The zero-order chi connectivity index (χ0) is 7.33. The molecule has 0 heterocycles. The van der Waals surface area contributed by atoms with Gasteiger partial charge >= 0.3 is 0 Å². The topological polar surface area (TPSA) is 34.1 Å². The molecule has 0 rings (SSSR count). The lowest BCUT2D eigenvalue weighted by molar-refractivity contribution is 0.607. The summed E-state index contributed by atoms with van der Waals surface area (Å²) in [6.45, 7) is 0. The standard InChI is InChI=1S/C5H7ClO2S/c1-2-3-4-5-9(6,7)8/h1H,3-5H2. The molecule has 9 heavy (non-hydrogen) atoms. The highest BCUT2D eigenvalue weighted by Gasteiger charge is 2.01. The molecular formula is C5H7ClO2S. The van der Waals surface area contributed by atoms with Gasteiger partial charge in [-0.05, 0) is 6.42 Å². The third-order valence-electron chi connectivity index (χ3n) is 0.709. The number of terminal acetylenes is 1. The summed E-state index contributed by atoms with van der Waals surface area (Å²) in [5, 5.41) is 0. The lowest BCUT2D eigenvalue weighted by atomic mass is 10.4. The summed E-state index contributed by atoms with van der Waals surface area (Å²) in [6.07, 6.45) is 5.78. The summed E-state index contributed by atoms with van der Waals surface area (Å²) >= 11 is 0. The molecule has 2 nitrogen and oxygen atoms in total. The van der Waals surface area contributed by atoms with E-state index in [2.05, 4.69) is 5.92 Å². The van der Waals surface area contributed by atoms with Crippen molar-refractivity contribution in [1.29, 1.82) is 0 Å². The fourth-order valence-electron chi connectivity index (χ4n) is 0.347. The van der Waals surface area contributed by atoms with Crippen LogP contribution in [-0.2, 0) is 9.05 Å². The molecule has 0 aliphatic carbocycles. The summed E-state index contributed by atoms with van der Waals surface area (Å²) in [6, 6.07) is 0. The summed E-state index contributed by atoms with van der Waals surface area (Å²) in [5.74, 6) is 2.29. The Morgan fingerprint density at radius 1 is 1.56 bits per heavy atom. The van der Waals surface area contributed by atoms with Crippen LogP contribution in [0.1, 0.15) is 12.8 Å². The average Bonchev–Trinajstić information content (AvgIpc) is 1.63. The van der Waals surface area contributed by atoms with E-state index in [1.807, 2.05) is 0 Å². The van der Waals surface area contributed by atoms with Crippen LogP contribution in [0.3, 0.4) is 0 Å². The number of unbranched alkanes of at least 4 members (excludes halogenated alkanes) is 1. The largest absolute Gasteiger partial charge is 0.232 e. The smallest absolute Gasteiger partial charge is 0.212 e. The second-order valence-electron chi connectivity index (χ2n) is 1.55. The molecule has 0 unspecified atom stereocenters. The Morgan fingerprint density at radius 2 is 2.11 bits per heavy atom. The first kappa shape index (κ1) is 8.80. The molecule has 0 saturated heterocycles. The van der Waals surface area contributed by atoms with Crippen molar-refractivity contribution in [2.45, 2.75) is 12.8 Å². The molecule has 0 atom stereocenters. The van der Waals surface area contributed by atoms with E-state index in [9.17, 15) is 8.42 Å². The van der Waals surface area contributed by atoms with Crippen LogP contribution in [0, 0.1) is 12.3 Å². The van der Waals surface area contributed by atoms with Crippen molar-refractivity contribution in [3.8, 4) is 12.3 Å². The number of rotatable bonds is 3. The van der Waals surface area contributed by atoms with Crippen molar-refractivity contribution >= 4 is 19.7 Å². The summed E-state index contributed by atoms with van der Waals surface area (Å²) in [7, 11) is 1.55. The van der Waals surface area contributed by atoms with Gasteiger partial charge in [0, 0.05) is 17.1 Å². The van der Waals surface area contributed by atoms with Crippen LogP contribution in [-0.4, -0.2) is 14.2 Å². The van der Waals surface area contributed by atoms with Gasteiger partial charge in [-0.25, -0.2) is 8.42 Å². The molecule has 0 radical (unpaired) electrons. The van der Waals surface area contributed by atoms with Gasteiger partial charge in [0.2, 0.25) is 9.05 Å². The molecular weight excluding hydrogens is 160 g/mol.